The second-order valence-corrected chi connectivity index (χ2v) is 9.93. The van der Waals surface area contributed by atoms with Gasteiger partial charge in [0.25, 0.3) is 0 Å². The van der Waals surface area contributed by atoms with E-state index >= 15 is 0 Å². The predicted molar refractivity (Wildman–Crippen MR) is 117 cm³/mol. The first-order chi connectivity index (χ1) is 13.7. The van der Waals surface area contributed by atoms with Crippen molar-refractivity contribution in [3.05, 3.63) is 35.4 Å². The van der Waals surface area contributed by atoms with Crippen LogP contribution in [0.4, 0.5) is 13.2 Å². The summed E-state index contributed by atoms with van der Waals surface area (Å²) in [5.74, 6) is 2.86. The summed E-state index contributed by atoms with van der Waals surface area (Å²) in [6.07, 6.45) is 7.04. The molecule has 166 valence electrons. The van der Waals surface area contributed by atoms with Crippen molar-refractivity contribution in [3.8, 4) is 0 Å². The van der Waals surface area contributed by atoms with Crippen LogP contribution in [0.2, 0.25) is 0 Å². The first kappa shape index (κ1) is 24.3. The van der Waals surface area contributed by atoms with E-state index in [0.29, 0.717) is 18.3 Å². The zero-order chi connectivity index (χ0) is 21.3. The smallest absolute Gasteiger partial charge is 0.171 e. The molecule has 0 bridgehead atoms. The van der Waals surface area contributed by atoms with E-state index in [0.717, 1.165) is 37.5 Å². The van der Waals surface area contributed by atoms with Gasteiger partial charge < -0.3 is 0 Å². The second-order valence-electron chi connectivity index (χ2n) is 9.93. The normalized spacial score (nSPS) is 17.3. The van der Waals surface area contributed by atoms with Gasteiger partial charge in [-0.05, 0) is 66.9 Å². The van der Waals surface area contributed by atoms with E-state index in [1.165, 1.54) is 43.2 Å². The molecular weight excluding hydrogens is 369 g/mol. The molecule has 0 saturated heterocycles. The van der Waals surface area contributed by atoms with E-state index in [2.05, 4.69) is 45.0 Å². The Balaban J connectivity index is 1.89. The lowest BCUT2D eigenvalue weighted by Gasteiger charge is -2.32. The Morgan fingerprint density at radius 2 is 1.66 bits per heavy atom. The fraction of sp³-hybridized carbons (Fsp3) is 0.769. The van der Waals surface area contributed by atoms with Gasteiger partial charge in [-0.3, -0.25) is 0 Å². The largest absolute Gasteiger partial charge is 0.389 e. The summed E-state index contributed by atoms with van der Waals surface area (Å²) in [4.78, 5) is 0. The molecule has 1 aliphatic carbocycles. The van der Waals surface area contributed by atoms with Crippen LogP contribution >= 0.6 is 0 Å². The first-order valence-corrected chi connectivity index (χ1v) is 11.9. The van der Waals surface area contributed by atoms with E-state index < -0.39 is 12.6 Å². The molecule has 1 saturated carbocycles. The highest BCUT2D eigenvalue weighted by molar-refractivity contribution is 5.24. The number of halogens is 3. The van der Waals surface area contributed by atoms with Crippen LogP contribution in [0, 0.1) is 23.7 Å². The van der Waals surface area contributed by atoms with Gasteiger partial charge in [0, 0.05) is 6.42 Å². The second kappa shape index (κ2) is 12.0. The highest BCUT2D eigenvalue weighted by atomic mass is 19.4. The third-order valence-electron chi connectivity index (χ3n) is 6.83. The molecular formula is C26H41F3. The number of hydrogen-bond donors (Lipinski definition) is 0. The molecule has 1 fully saturated rings. The third-order valence-corrected chi connectivity index (χ3v) is 6.83. The minimum absolute atomic E-state index is 0.270. The Bertz CT molecular complexity index is 572. The molecule has 3 heteroatoms. The SMILES string of the molecule is CC(C)CCc1cccc(CC(CCCCC(F)(F)F)CCC(C)C2CCC2)c1. The van der Waals surface area contributed by atoms with E-state index in [4.69, 9.17) is 0 Å². The maximum absolute atomic E-state index is 12.5. The van der Waals surface area contributed by atoms with E-state index in [1.54, 1.807) is 0 Å². The van der Waals surface area contributed by atoms with Gasteiger partial charge in [-0.15, -0.1) is 0 Å². The molecule has 1 aromatic rings. The standard InChI is InChI=1S/C26H41F3/c1-20(2)13-15-23-9-6-10-24(19-23)18-22(8-4-5-17-26(27,28)29)16-14-21(3)25-11-7-12-25/h6,9-10,19-22,25H,4-5,7-8,11-18H2,1-3H3. The molecule has 1 aromatic carbocycles. The Labute approximate surface area is 176 Å². The van der Waals surface area contributed by atoms with Gasteiger partial charge in [0.15, 0.2) is 0 Å². The third kappa shape index (κ3) is 10.0. The van der Waals surface area contributed by atoms with Crippen molar-refractivity contribution in [3.63, 3.8) is 0 Å². The molecule has 0 aliphatic heterocycles. The minimum Gasteiger partial charge on any atom is -0.171 e. The van der Waals surface area contributed by atoms with E-state index in [1.807, 2.05) is 0 Å². The Morgan fingerprint density at radius 1 is 0.931 bits per heavy atom. The van der Waals surface area contributed by atoms with Crippen molar-refractivity contribution in [2.24, 2.45) is 23.7 Å². The summed E-state index contributed by atoms with van der Waals surface area (Å²) in [6, 6.07) is 8.91. The lowest BCUT2D eigenvalue weighted by atomic mass is 9.74. The fourth-order valence-corrected chi connectivity index (χ4v) is 4.55. The molecule has 1 aliphatic rings. The van der Waals surface area contributed by atoms with Crippen LogP contribution in [0.25, 0.3) is 0 Å². The minimum atomic E-state index is -4.01. The predicted octanol–water partition coefficient (Wildman–Crippen LogP) is 8.77. The number of hydrogen-bond acceptors (Lipinski definition) is 0. The van der Waals surface area contributed by atoms with E-state index in [9.17, 15) is 13.2 Å². The number of alkyl halides is 3. The quantitative estimate of drug-likeness (QED) is 0.285. The van der Waals surface area contributed by atoms with Crippen LogP contribution < -0.4 is 0 Å². The summed E-state index contributed by atoms with van der Waals surface area (Å²) in [5.41, 5.74) is 2.76. The van der Waals surface area contributed by atoms with Crippen molar-refractivity contribution in [2.45, 2.75) is 104 Å². The molecule has 2 rings (SSSR count). The van der Waals surface area contributed by atoms with Gasteiger partial charge in [0.2, 0.25) is 0 Å². The summed E-state index contributed by atoms with van der Waals surface area (Å²) in [5, 5.41) is 0. The van der Waals surface area contributed by atoms with Crippen LogP contribution in [0.5, 0.6) is 0 Å². The zero-order valence-electron chi connectivity index (χ0n) is 18.7. The number of aryl methyl sites for hydroxylation is 1. The van der Waals surface area contributed by atoms with Crippen molar-refractivity contribution >= 4 is 0 Å². The van der Waals surface area contributed by atoms with Crippen molar-refractivity contribution in [1.29, 1.82) is 0 Å². The van der Waals surface area contributed by atoms with Crippen LogP contribution in [-0.2, 0) is 12.8 Å². The van der Waals surface area contributed by atoms with Crippen molar-refractivity contribution in [2.75, 3.05) is 0 Å². The van der Waals surface area contributed by atoms with Crippen LogP contribution in [0.1, 0.15) is 96.1 Å². The molecule has 0 aromatic heterocycles. The van der Waals surface area contributed by atoms with Gasteiger partial charge >= 0.3 is 6.18 Å². The van der Waals surface area contributed by atoms with E-state index in [-0.39, 0.29) is 6.42 Å². The lowest BCUT2D eigenvalue weighted by Crippen LogP contribution is -2.20. The fourth-order valence-electron chi connectivity index (χ4n) is 4.55. The maximum Gasteiger partial charge on any atom is 0.389 e. The first-order valence-electron chi connectivity index (χ1n) is 11.9. The molecule has 2 unspecified atom stereocenters. The molecule has 0 nitrogen and oxygen atoms in total. The van der Waals surface area contributed by atoms with Gasteiger partial charge in [-0.2, -0.15) is 13.2 Å². The number of rotatable bonds is 13. The molecule has 0 heterocycles. The summed E-state index contributed by atoms with van der Waals surface area (Å²) in [6.45, 7) is 6.88. The Kier molecular flexibility index (Phi) is 10.1. The number of benzene rings is 1. The highest BCUT2D eigenvalue weighted by Gasteiger charge is 2.27. The maximum atomic E-state index is 12.5. The van der Waals surface area contributed by atoms with Crippen LogP contribution in [0.15, 0.2) is 24.3 Å². The van der Waals surface area contributed by atoms with Crippen molar-refractivity contribution in [1.82, 2.24) is 0 Å². The van der Waals surface area contributed by atoms with Crippen LogP contribution in [0.3, 0.4) is 0 Å². The van der Waals surface area contributed by atoms with Gasteiger partial charge in [0.1, 0.15) is 0 Å². The topological polar surface area (TPSA) is 0 Å². The zero-order valence-corrected chi connectivity index (χ0v) is 18.7. The molecule has 0 spiro atoms. The lowest BCUT2D eigenvalue weighted by molar-refractivity contribution is -0.135. The average Bonchev–Trinajstić information content (AvgIpc) is 2.59. The van der Waals surface area contributed by atoms with Gasteiger partial charge in [-0.25, -0.2) is 0 Å². The highest BCUT2D eigenvalue weighted by Crippen LogP contribution is 2.37. The van der Waals surface area contributed by atoms with Crippen LogP contribution in [-0.4, -0.2) is 6.18 Å². The van der Waals surface area contributed by atoms with Crippen molar-refractivity contribution < 1.29 is 13.2 Å². The molecule has 29 heavy (non-hydrogen) atoms. The monoisotopic (exact) mass is 410 g/mol. The summed E-state index contributed by atoms with van der Waals surface area (Å²) < 4.78 is 37.5. The number of unbranched alkanes of at least 4 members (excludes halogenated alkanes) is 1. The molecule has 0 amide bonds. The Morgan fingerprint density at radius 3 is 2.28 bits per heavy atom. The molecule has 2 atom stereocenters. The molecule has 0 radical (unpaired) electrons. The summed E-state index contributed by atoms with van der Waals surface area (Å²) in [7, 11) is 0. The Hall–Kier alpha value is -0.990. The van der Waals surface area contributed by atoms with Gasteiger partial charge in [-0.1, -0.05) is 83.6 Å². The summed E-state index contributed by atoms with van der Waals surface area (Å²) >= 11 is 0. The average molecular weight is 411 g/mol. The molecule has 0 N–H and O–H groups in total. The van der Waals surface area contributed by atoms with Gasteiger partial charge in [0.05, 0.1) is 0 Å².